The molecule has 0 saturated heterocycles. The Morgan fingerprint density at radius 1 is 1.44 bits per heavy atom. The number of halogens is 1. The van der Waals surface area contributed by atoms with Crippen LogP contribution in [0.2, 0.25) is 0 Å². The van der Waals surface area contributed by atoms with Crippen molar-refractivity contribution < 1.29 is 13.9 Å². The fourth-order valence-electron chi connectivity index (χ4n) is 1.48. The number of rotatable bonds is 4. The van der Waals surface area contributed by atoms with Gasteiger partial charge in [-0.3, -0.25) is 0 Å². The van der Waals surface area contributed by atoms with Gasteiger partial charge in [0.15, 0.2) is 0 Å². The normalized spacial score (nSPS) is 10.1. The van der Waals surface area contributed by atoms with E-state index in [2.05, 4.69) is 10.1 Å². The topological polar surface area (TPSA) is 38.3 Å². The molecular formula is C13H12FNO2S. The summed E-state index contributed by atoms with van der Waals surface area (Å²) in [5.41, 5.74) is 1.37. The molecule has 0 unspecified atom stereocenters. The minimum atomic E-state index is -0.350. The van der Waals surface area contributed by atoms with Gasteiger partial charge < -0.3 is 10.1 Å². The molecule has 0 spiro atoms. The smallest absolute Gasteiger partial charge is 0.348 e. The molecule has 0 aliphatic carbocycles. The van der Waals surface area contributed by atoms with Gasteiger partial charge in [-0.2, -0.15) is 0 Å². The summed E-state index contributed by atoms with van der Waals surface area (Å²) in [5.74, 6) is -0.641. The van der Waals surface area contributed by atoms with Crippen LogP contribution in [-0.2, 0) is 11.3 Å². The number of ether oxygens (including phenoxy) is 1. The molecule has 18 heavy (non-hydrogen) atoms. The van der Waals surface area contributed by atoms with E-state index >= 15 is 0 Å². The van der Waals surface area contributed by atoms with Crippen molar-refractivity contribution in [2.45, 2.75) is 6.54 Å². The summed E-state index contributed by atoms with van der Waals surface area (Å²) in [7, 11) is 1.35. The number of hydrogen-bond donors (Lipinski definition) is 1. The Balaban J connectivity index is 2.01. The molecule has 0 atom stereocenters. The number of benzene rings is 1. The van der Waals surface area contributed by atoms with Crippen molar-refractivity contribution in [2.24, 2.45) is 0 Å². The lowest BCUT2D eigenvalue weighted by Gasteiger charge is -2.05. The summed E-state index contributed by atoms with van der Waals surface area (Å²) >= 11 is 1.31. The predicted octanol–water partition coefficient (Wildman–Crippen LogP) is 3.29. The van der Waals surface area contributed by atoms with E-state index in [1.54, 1.807) is 24.3 Å². The number of carbonyl (C=O) groups excluding carboxylic acids is 1. The van der Waals surface area contributed by atoms with Crippen molar-refractivity contribution in [3.05, 3.63) is 52.0 Å². The summed E-state index contributed by atoms with van der Waals surface area (Å²) in [6.07, 6.45) is 0. The maximum Gasteiger partial charge on any atom is 0.348 e. The van der Waals surface area contributed by atoms with Crippen LogP contribution in [-0.4, -0.2) is 13.1 Å². The van der Waals surface area contributed by atoms with Gasteiger partial charge in [-0.15, -0.1) is 11.3 Å². The highest BCUT2D eigenvalue weighted by Crippen LogP contribution is 2.18. The Morgan fingerprint density at radius 2 is 2.22 bits per heavy atom. The zero-order chi connectivity index (χ0) is 13.0. The second-order valence-electron chi connectivity index (χ2n) is 3.64. The molecule has 0 aliphatic rings. The molecular weight excluding hydrogens is 253 g/mol. The highest BCUT2D eigenvalue weighted by atomic mass is 32.1. The van der Waals surface area contributed by atoms with E-state index in [-0.39, 0.29) is 11.8 Å². The lowest BCUT2D eigenvalue weighted by atomic mass is 10.2. The first-order valence-corrected chi connectivity index (χ1v) is 6.23. The van der Waals surface area contributed by atoms with E-state index in [4.69, 9.17) is 0 Å². The standard InChI is InChI=1S/C13H12FNO2S/c1-17-13(16)12-6-9(8-18-12)7-15-11-5-3-2-4-10(11)14/h2-6,8,15H,7H2,1H3. The number of esters is 1. The van der Waals surface area contributed by atoms with E-state index in [0.717, 1.165) is 5.56 Å². The van der Waals surface area contributed by atoms with Crippen LogP contribution >= 0.6 is 11.3 Å². The molecule has 1 heterocycles. The number of para-hydroxylation sites is 1. The zero-order valence-electron chi connectivity index (χ0n) is 9.77. The van der Waals surface area contributed by atoms with Crippen LogP contribution in [0.5, 0.6) is 0 Å². The monoisotopic (exact) mass is 265 g/mol. The first-order valence-electron chi connectivity index (χ1n) is 5.35. The van der Waals surface area contributed by atoms with Gasteiger partial charge in [0.2, 0.25) is 0 Å². The van der Waals surface area contributed by atoms with Gasteiger partial charge in [-0.05, 0) is 29.1 Å². The largest absolute Gasteiger partial charge is 0.465 e. The van der Waals surface area contributed by atoms with Gasteiger partial charge in [-0.1, -0.05) is 12.1 Å². The Labute approximate surface area is 108 Å². The third kappa shape index (κ3) is 2.87. The van der Waals surface area contributed by atoms with Gasteiger partial charge in [0.1, 0.15) is 10.7 Å². The first kappa shape index (κ1) is 12.6. The van der Waals surface area contributed by atoms with Crippen LogP contribution in [0.1, 0.15) is 15.2 Å². The fraction of sp³-hybridized carbons (Fsp3) is 0.154. The summed E-state index contributed by atoms with van der Waals surface area (Å²) in [6, 6.07) is 8.21. The molecule has 2 rings (SSSR count). The number of methoxy groups -OCH3 is 1. The van der Waals surface area contributed by atoms with Crippen molar-refractivity contribution in [1.29, 1.82) is 0 Å². The number of nitrogens with one attached hydrogen (secondary N) is 1. The van der Waals surface area contributed by atoms with Crippen LogP contribution in [0.15, 0.2) is 35.7 Å². The molecule has 1 aromatic heterocycles. The van der Waals surface area contributed by atoms with E-state index in [0.29, 0.717) is 17.1 Å². The lowest BCUT2D eigenvalue weighted by molar-refractivity contribution is 0.0606. The Kier molecular flexibility index (Phi) is 3.94. The summed E-state index contributed by atoms with van der Waals surface area (Å²) in [4.78, 5) is 11.8. The number of thiophene rings is 1. The molecule has 0 radical (unpaired) electrons. The third-order valence-corrected chi connectivity index (χ3v) is 3.36. The molecule has 0 saturated carbocycles. The van der Waals surface area contributed by atoms with Gasteiger partial charge in [-0.25, -0.2) is 9.18 Å². The maximum atomic E-state index is 13.3. The molecule has 0 aliphatic heterocycles. The van der Waals surface area contributed by atoms with E-state index < -0.39 is 0 Å². The summed E-state index contributed by atoms with van der Waals surface area (Å²) < 4.78 is 18.0. The van der Waals surface area contributed by atoms with Crippen LogP contribution in [0.4, 0.5) is 10.1 Å². The zero-order valence-corrected chi connectivity index (χ0v) is 10.6. The molecule has 1 N–H and O–H groups in total. The molecule has 2 aromatic rings. The molecule has 3 nitrogen and oxygen atoms in total. The number of hydrogen-bond acceptors (Lipinski definition) is 4. The highest BCUT2D eigenvalue weighted by molar-refractivity contribution is 7.12. The molecule has 0 amide bonds. The third-order valence-electron chi connectivity index (χ3n) is 2.40. The first-order chi connectivity index (χ1) is 8.70. The Bertz CT molecular complexity index is 553. The van der Waals surface area contributed by atoms with Crippen LogP contribution < -0.4 is 5.32 Å². The maximum absolute atomic E-state index is 13.3. The quantitative estimate of drug-likeness (QED) is 0.862. The molecule has 5 heteroatoms. The van der Waals surface area contributed by atoms with Gasteiger partial charge in [0, 0.05) is 6.54 Å². The average Bonchev–Trinajstić information content (AvgIpc) is 2.86. The second kappa shape index (κ2) is 5.64. The van der Waals surface area contributed by atoms with Crippen molar-refractivity contribution in [2.75, 3.05) is 12.4 Å². The van der Waals surface area contributed by atoms with Crippen molar-refractivity contribution >= 4 is 23.0 Å². The van der Waals surface area contributed by atoms with E-state index in [1.165, 1.54) is 24.5 Å². The van der Waals surface area contributed by atoms with Crippen molar-refractivity contribution in [3.63, 3.8) is 0 Å². The Morgan fingerprint density at radius 3 is 2.94 bits per heavy atom. The van der Waals surface area contributed by atoms with Crippen LogP contribution in [0, 0.1) is 5.82 Å². The number of carbonyl (C=O) groups is 1. The fourth-order valence-corrected chi connectivity index (χ4v) is 2.31. The van der Waals surface area contributed by atoms with Crippen LogP contribution in [0.25, 0.3) is 0 Å². The highest BCUT2D eigenvalue weighted by Gasteiger charge is 2.09. The second-order valence-corrected chi connectivity index (χ2v) is 4.56. The lowest BCUT2D eigenvalue weighted by Crippen LogP contribution is -2.01. The number of anilines is 1. The van der Waals surface area contributed by atoms with E-state index in [1.807, 2.05) is 5.38 Å². The van der Waals surface area contributed by atoms with Crippen molar-refractivity contribution in [3.8, 4) is 0 Å². The predicted molar refractivity (Wildman–Crippen MR) is 69.4 cm³/mol. The minimum absolute atomic E-state index is 0.291. The van der Waals surface area contributed by atoms with Crippen molar-refractivity contribution in [1.82, 2.24) is 0 Å². The van der Waals surface area contributed by atoms with E-state index in [9.17, 15) is 9.18 Å². The molecule has 94 valence electrons. The van der Waals surface area contributed by atoms with Crippen LogP contribution in [0.3, 0.4) is 0 Å². The molecule has 0 bridgehead atoms. The average molecular weight is 265 g/mol. The van der Waals surface area contributed by atoms with Gasteiger partial charge in [0.25, 0.3) is 0 Å². The van der Waals surface area contributed by atoms with Gasteiger partial charge in [0.05, 0.1) is 12.8 Å². The molecule has 1 aromatic carbocycles. The minimum Gasteiger partial charge on any atom is -0.465 e. The summed E-state index contributed by atoms with van der Waals surface area (Å²) in [6.45, 7) is 0.467. The summed E-state index contributed by atoms with van der Waals surface area (Å²) in [5, 5.41) is 4.83. The SMILES string of the molecule is COC(=O)c1cc(CNc2ccccc2F)cs1. The Hall–Kier alpha value is -1.88. The van der Waals surface area contributed by atoms with Gasteiger partial charge >= 0.3 is 5.97 Å². The molecule has 0 fully saturated rings.